The van der Waals surface area contributed by atoms with E-state index in [9.17, 15) is 16.8 Å². The second-order valence-electron chi connectivity index (χ2n) is 4.53. The first-order valence-electron chi connectivity index (χ1n) is 6.12. The largest absolute Gasteiger partial charge is 0.297 e. The van der Waals surface area contributed by atoms with Crippen LogP contribution in [0.1, 0.15) is 12.5 Å². The molecule has 21 heavy (non-hydrogen) atoms. The van der Waals surface area contributed by atoms with Gasteiger partial charge in [-0.25, -0.2) is 8.42 Å². The van der Waals surface area contributed by atoms with Gasteiger partial charge in [-0.1, -0.05) is 29.8 Å². The molecule has 0 atom stereocenters. The molecule has 5 nitrogen and oxygen atoms in total. The van der Waals surface area contributed by atoms with Crippen molar-refractivity contribution in [3.63, 3.8) is 0 Å². The normalized spacial score (nSPS) is 13.8. The molecule has 7 heteroatoms. The van der Waals surface area contributed by atoms with E-state index in [1.165, 1.54) is 37.3 Å². The van der Waals surface area contributed by atoms with Crippen molar-refractivity contribution in [1.82, 2.24) is 0 Å². The molecule has 0 aromatic heterocycles. The van der Waals surface area contributed by atoms with Crippen LogP contribution in [0.3, 0.4) is 0 Å². The fourth-order valence-electron chi connectivity index (χ4n) is 1.28. The van der Waals surface area contributed by atoms with E-state index in [1.54, 1.807) is 12.1 Å². The molecule has 0 amide bonds. The Morgan fingerprint density at radius 3 is 2.24 bits per heavy atom. The van der Waals surface area contributed by atoms with E-state index in [2.05, 4.69) is 0 Å². The number of sulfone groups is 1. The van der Waals surface area contributed by atoms with Gasteiger partial charge in [-0.3, -0.25) is 4.18 Å². The lowest BCUT2D eigenvalue weighted by Gasteiger charge is -2.03. The lowest BCUT2D eigenvalue weighted by molar-refractivity contribution is 0.357. The van der Waals surface area contributed by atoms with E-state index >= 15 is 0 Å². The maximum atomic E-state index is 11.8. The van der Waals surface area contributed by atoms with E-state index in [4.69, 9.17) is 4.18 Å². The summed E-state index contributed by atoms with van der Waals surface area (Å²) in [6.45, 7) is 3.16. The maximum absolute atomic E-state index is 11.8. The molecule has 0 saturated carbocycles. The van der Waals surface area contributed by atoms with Crippen LogP contribution in [0.25, 0.3) is 0 Å². The number of hydrogen-bond donors (Lipinski definition) is 0. The van der Waals surface area contributed by atoms with E-state index in [-0.39, 0.29) is 16.4 Å². The van der Waals surface area contributed by atoms with Crippen LogP contribution in [0.5, 0.6) is 0 Å². The smallest absolute Gasteiger partial charge is 0.262 e. The molecule has 1 aromatic carbocycles. The van der Waals surface area contributed by atoms with Crippen LogP contribution in [-0.4, -0.2) is 29.7 Å². The SMILES string of the molecule is C/C(=C\C=C/COS(=O)(=O)c1ccc(C)cc1)S(C)(=O)=O. The van der Waals surface area contributed by atoms with Crippen LogP contribution >= 0.6 is 0 Å². The Balaban J connectivity index is 2.65. The van der Waals surface area contributed by atoms with Crippen LogP contribution in [0.15, 0.2) is 52.3 Å². The van der Waals surface area contributed by atoms with Gasteiger partial charge < -0.3 is 0 Å². The summed E-state index contributed by atoms with van der Waals surface area (Å²) in [6.07, 6.45) is 5.36. The molecule has 116 valence electrons. The highest BCUT2D eigenvalue weighted by Crippen LogP contribution is 2.13. The third kappa shape index (κ3) is 5.82. The fraction of sp³-hybridized carbons (Fsp3) is 0.286. The first-order valence-corrected chi connectivity index (χ1v) is 9.42. The van der Waals surface area contributed by atoms with Gasteiger partial charge in [0.15, 0.2) is 9.84 Å². The molecule has 0 fully saturated rings. The van der Waals surface area contributed by atoms with Crippen LogP contribution < -0.4 is 0 Å². The topological polar surface area (TPSA) is 77.5 Å². The Morgan fingerprint density at radius 2 is 1.71 bits per heavy atom. The maximum Gasteiger partial charge on any atom is 0.297 e. The van der Waals surface area contributed by atoms with Crippen LogP contribution in [-0.2, 0) is 24.1 Å². The third-order valence-electron chi connectivity index (χ3n) is 2.68. The van der Waals surface area contributed by atoms with Crippen molar-refractivity contribution in [3.05, 3.63) is 53.0 Å². The molecule has 0 radical (unpaired) electrons. The molecular weight excluding hydrogens is 312 g/mol. The predicted octanol–water partition coefficient (Wildman–Crippen LogP) is 2.20. The van der Waals surface area contributed by atoms with Crippen LogP contribution in [0.2, 0.25) is 0 Å². The van der Waals surface area contributed by atoms with Gasteiger partial charge in [-0.05, 0) is 32.1 Å². The lowest BCUT2D eigenvalue weighted by atomic mass is 10.2. The second-order valence-corrected chi connectivity index (χ2v) is 8.33. The zero-order valence-electron chi connectivity index (χ0n) is 12.1. The monoisotopic (exact) mass is 330 g/mol. The number of allylic oxidation sites excluding steroid dienone is 3. The quantitative estimate of drug-likeness (QED) is 0.590. The summed E-state index contributed by atoms with van der Waals surface area (Å²) in [5, 5.41) is 0. The molecule has 0 aliphatic heterocycles. The summed E-state index contributed by atoms with van der Waals surface area (Å²) in [4.78, 5) is 0.282. The highest BCUT2D eigenvalue weighted by atomic mass is 32.2. The van der Waals surface area contributed by atoms with E-state index < -0.39 is 20.0 Å². The summed E-state index contributed by atoms with van der Waals surface area (Å²) < 4.78 is 50.8. The van der Waals surface area contributed by atoms with Crippen molar-refractivity contribution in [2.45, 2.75) is 18.7 Å². The summed E-state index contributed by atoms with van der Waals surface area (Å²) in [5.74, 6) is 0. The lowest BCUT2D eigenvalue weighted by Crippen LogP contribution is -2.06. The predicted molar refractivity (Wildman–Crippen MR) is 82.1 cm³/mol. The van der Waals surface area contributed by atoms with Gasteiger partial charge in [0.1, 0.15) is 0 Å². The number of hydrogen-bond acceptors (Lipinski definition) is 5. The van der Waals surface area contributed by atoms with E-state index in [1.807, 2.05) is 6.92 Å². The molecule has 0 saturated heterocycles. The summed E-state index contributed by atoms with van der Waals surface area (Å²) >= 11 is 0. The second kappa shape index (κ2) is 7.02. The van der Waals surface area contributed by atoms with Crippen molar-refractivity contribution in [1.29, 1.82) is 0 Å². The molecule has 0 heterocycles. The average Bonchev–Trinajstić information content (AvgIpc) is 2.37. The van der Waals surface area contributed by atoms with Gasteiger partial charge in [-0.15, -0.1) is 0 Å². The molecule has 0 unspecified atom stereocenters. The molecular formula is C14H18O5S2. The summed E-state index contributed by atoms with van der Waals surface area (Å²) in [7, 11) is -7.01. The Kier molecular flexibility index (Phi) is 5.88. The molecule has 1 aromatic rings. The Morgan fingerprint density at radius 1 is 1.14 bits per heavy atom. The number of aryl methyl sites for hydroxylation is 1. The zero-order valence-corrected chi connectivity index (χ0v) is 13.7. The highest BCUT2D eigenvalue weighted by molar-refractivity contribution is 7.94. The third-order valence-corrected chi connectivity index (χ3v) is 5.28. The minimum absolute atomic E-state index is 0.0874. The first-order chi connectivity index (χ1) is 9.63. The van der Waals surface area contributed by atoms with Gasteiger partial charge in [0.05, 0.1) is 11.5 Å². The standard InChI is InChI=1S/C14H18O5S2/c1-12-7-9-14(10-8-12)21(17,18)19-11-5-4-6-13(2)20(3,15)16/h4-10H,11H2,1-3H3/b5-4-,13-6+. The van der Waals surface area contributed by atoms with Gasteiger partial charge >= 0.3 is 0 Å². The average molecular weight is 330 g/mol. The molecule has 1 rings (SSSR count). The van der Waals surface area contributed by atoms with Crippen molar-refractivity contribution in [2.75, 3.05) is 12.9 Å². The van der Waals surface area contributed by atoms with Crippen molar-refractivity contribution < 1.29 is 21.0 Å². The van der Waals surface area contributed by atoms with Gasteiger partial charge in [0.2, 0.25) is 0 Å². The highest BCUT2D eigenvalue weighted by Gasteiger charge is 2.13. The summed E-state index contributed by atoms with van der Waals surface area (Å²) in [5.41, 5.74) is 0.954. The first kappa shape index (κ1) is 17.6. The van der Waals surface area contributed by atoms with Crippen molar-refractivity contribution >= 4 is 20.0 Å². The Labute approximate surface area is 126 Å². The number of rotatable bonds is 6. The van der Waals surface area contributed by atoms with Gasteiger partial charge in [0, 0.05) is 11.2 Å². The molecule has 0 aliphatic carbocycles. The van der Waals surface area contributed by atoms with Gasteiger partial charge in [-0.2, -0.15) is 8.42 Å². The van der Waals surface area contributed by atoms with E-state index in [0.717, 1.165) is 11.8 Å². The zero-order chi connectivity index (χ0) is 16.1. The fourth-order valence-corrected chi connectivity index (χ4v) is 2.47. The van der Waals surface area contributed by atoms with Crippen LogP contribution in [0.4, 0.5) is 0 Å². The van der Waals surface area contributed by atoms with Crippen molar-refractivity contribution in [3.8, 4) is 0 Å². The Bertz CT molecular complexity index is 739. The van der Waals surface area contributed by atoms with Crippen molar-refractivity contribution in [2.24, 2.45) is 0 Å². The summed E-state index contributed by atoms with van der Waals surface area (Å²) in [6, 6.07) is 6.32. The Hall–Kier alpha value is -1.44. The van der Waals surface area contributed by atoms with Crippen LogP contribution in [0, 0.1) is 6.92 Å². The molecule has 0 aliphatic rings. The van der Waals surface area contributed by atoms with E-state index in [0.29, 0.717) is 0 Å². The minimum Gasteiger partial charge on any atom is -0.262 e. The molecule has 0 bridgehead atoms. The number of benzene rings is 1. The molecule has 0 spiro atoms. The van der Waals surface area contributed by atoms with Gasteiger partial charge in [0.25, 0.3) is 10.1 Å². The minimum atomic E-state index is -3.80. The molecule has 0 N–H and O–H groups in total.